The Morgan fingerprint density at radius 1 is 1.36 bits per heavy atom. The number of carbonyl (C=O) groups is 1. The second-order valence-corrected chi connectivity index (χ2v) is 5.22. The number of hydrogen-bond donors (Lipinski definition) is 1. The number of nitrogens with two attached hydrogens (primary N) is 1. The van der Waals surface area contributed by atoms with Gasteiger partial charge in [-0.2, -0.15) is 0 Å². The molecule has 0 aliphatic rings. The van der Waals surface area contributed by atoms with Crippen LogP contribution in [0.25, 0.3) is 0 Å². The molecule has 0 aliphatic heterocycles. The monoisotopic (exact) mass is 169 g/mol. The zero-order valence-corrected chi connectivity index (χ0v) is 7.17. The van der Waals surface area contributed by atoms with Crippen LogP contribution in [0.3, 0.4) is 0 Å². The molecule has 0 heterocycles. The molecule has 0 amide bonds. The van der Waals surface area contributed by atoms with Crippen LogP contribution in [-0.2, 0) is 4.79 Å². The Bertz CT molecular complexity index is 246. The maximum atomic E-state index is 10.5. The molecule has 0 spiro atoms. The van der Waals surface area contributed by atoms with Crippen LogP contribution in [0.5, 0.6) is 0 Å². The zero-order chi connectivity index (χ0) is 8.32. The summed E-state index contributed by atoms with van der Waals surface area (Å²) in [5.41, 5.74) is 0.836. The van der Waals surface area contributed by atoms with E-state index in [0.717, 1.165) is 10.5 Å². The van der Waals surface area contributed by atoms with Crippen molar-refractivity contribution in [2.75, 3.05) is 6.26 Å². The van der Waals surface area contributed by atoms with Crippen LogP contribution in [-0.4, -0.2) is 11.9 Å². The van der Waals surface area contributed by atoms with Crippen LogP contribution >= 0.6 is 10.2 Å². The summed E-state index contributed by atoms with van der Waals surface area (Å²) in [6.07, 6.45) is 1.77. The van der Waals surface area contributed by atoms with Crippen molar-refractivity contribution in [1.29, 1.82) is 0 Å². The minimum atomic E-state index is -1.68. The van der Waals surface area contributed by atoms with Crippen molar-refractivity contribution < 1.29 is 4.79 Å². The number of rotatable bonds is 2. The Labute approximate surface area is 67.9 Å². The molecular formula is C8H11NOS. The number of hydrogen-bond acceptors (Lipinski definition) is 2. The van der Waals surface area contributed by atoms with Gasteiger partial charge in [-0.05, 0) is 18.4 Å². The van der Waals surface area contributed by atoms with Gasteiger partial charge in [-0.3, -0.25) is 9.93 Å². The Morgan fingerprint density at radius 3 is 2.36 bits per heavy atom. The molecule has 0 radical (unpaired) electrons. The third kappa shape index (κ3) is 1.82. The number of carbonyl (C=O) groups excluding carboxylic acids is 1. The molecule has 11 heavy (non-hydrogen) atoms. The van der Waals surface area contributed by atoms with Gasteiger partial charge in [-0.15, -0.1) is 10.2 Å². The molecule has 1 atom stereocenters. The number of benzene rings is 1. The van der Waals surface area contributed by atoms with Gasteiger partial charge < -0.3 is 0 Å². The molecule has 2 N–H and O–H groups in total. The Hall–Kier alpha value is -0.800. The summed E-state index contributed by atoms with van der Waals surface area (Å²) in [6.45, 7) is 0. The van der Waals surface area contributed by atoms with E-state index in [2.05, 4.69) is 0 Å². The van der Waals surface area contributed by atoms with Gasteiger partial charge in [0.15, 0.2) is 5.62 Å². The molecule has 60 valence electrons. The molecule has 0 aliphatic carbocycles. The third-order valence-electron chi connectivity index (χ3n) is 1.45. The van der Waals surface area contributed by atoms with E-state index in [1.165, 1.54) is 0 Å². The van der Waals surface area contributed by atoms with Crippen molar-refractivity contribution >= 4 is 15.8 Å². The SMILES string of the molecule is CS(N)(C=O)c1ccccc1. The zero-order valence-electron chi connectivity index (χ0n) is 6.36. The normalized spacial score (nSPS) is 18.4. The van der Waals surface area contributed by atoms with Crippen molar-refractivity contribution in [1.82, 2.24) is 0 Å². The van der Waals surface area contributed by atoms with E-state index in [0.29, 0.717) is 0 Å². The molecule has 0 aromatic heterocycles. The van der Waals surface area contributed by atoms with E-state index in [1.54, 1.807) is 6.26 Å². The molecule has 1 rings (SSSR count). The van der Waals surface area contributed by atoms with Crippen LogP contribution in [0.15, 0.2) is 35.2 Å². The summed E-state index contributed by atoms with van der Waals surface area (Å²) in [6, 6.07) is 9.44. The molecule has 3 heteroatoms. The van der Waals surface area contributed by atoms with Crippen LogP contribution in [0.2, 0.25) is 0 Å². The lowest BCUT2D eigenvalue weighted by atomic mass is 10.4. The molecule has 0 saturated heterocycles. The summed E-state index contributed by atoms with van der Waals surface area (Å²) in [7, 11) is -1.68. The van der Waals surface area contributed by atoms with E-state index >= 15 is 0 Å². The molecule has 2 nitrogen and oxygen atoms in total. The molecule has 1 aromatic rings. The predicted molar refractivity (Wildman–Crippen MR) is 49.2 cm³/mol. The molecular weight excluding hydrogens is 158 g/mol. The van der Waals surface area contributed by atoms with E-state index in [1.807, 2.05) is 30.3 Å². The Balaban J connectivity index is 3.02. The van der Waals surface area contributed by atoms with Gasteiger partial charge in [0.25, 0.3) is 0 Å². The van der Waals surface area contributed by atoms with Crippen LogP contribution in [0, 0.1) is 0 Å². The first kappa shape index (κ1) is 8.30. The van der Waals surface area contributed by atoms with Gasteiger partial charge in [0, 0.05) is 4.90 Å². The molecule has 1 aromatic carbocycles. The molecule has 0 bridgehead atoms. The standard InChI is InChI=1S/C8H11NOS/c1-11(9,7-10)8-5-3-2-4-6-8/h2-7H,9H2,1H3. The fourth-order valence-corrected chi connectivity index (χ4v) is 1.62. The topological polar surface area (TPSA) is 43.1 Å². The van der Waals surface area contributed by atoms with Crippen molar-refractivity contribution in [2.24, 2.45) is 5.14 Å². The summed E-state index contributed by atoms with van der Waals surface area (Å²) in [4.78, 5) is 11.5. The quantitative estimate of drug-likeness (QED) is 0.682. The first-order valence-corrected chi connectivity index (χ1v) is 5.40. The fraction of sp³-hybridized carbons (Fsp3) is 0.125. The van der Waals surface area contributed by atoms with E-state index in [4.69, 9.17) is 5.14 Å². The van der Waals surface area contributed by atoms with E-state index < -0.39 is 10.2 Å². The highest BCUT2D eigenvalue weighted by atomic mass is 32.3. The maximum absolute atomic E-state index is 10.5. The van der Waals surface area contributed by atoms with Gasteiger partial charge >= 0.3 is 0 Å². The molecule has 0 saturated carbocycles. The Kier molecular flexibility index (Phi) is 2.31. The van der Waals surface area contributed by atoms with Crippen molar-refractivity contribution in [2.45, 2.75) is 4.90 Å². The van der Waals surface area contributed by atoms with Gasteiger partial charge in [0.05, 0.1) is 0 Å². The predicted octanol–water partition coefficient (Wildman–Crippen LogP) is 1.54. The van der Waals surface area contributed by atoms with Gasteiger partial charge in [0.1, 0.15) is 0 Å². The summed E-state index contributed by atoms with van der Waals surface area (Å²) >= 11 is 0. The average Bonchev–Trinajstić information content (AvgIpc) is 2.06. The highest BCUT2D eigenvalue weighted by Gasteiger charge is 2.11. The van der Waals surface area contributed by atoms with E-state index in [9.17, 15) is 4.79 Å². The summed E-state index contributed by atoms with van der Waals surface area (Å²) in [5.74, 6) is 0. The van der Waals surface area contributed by atoms with Crippen molar-refractivity contribution in [3.05, 3.63) is 30.3 Å². The smallest absolute Gasteiger partial charge is 0.174 e. The Morgan fingerprint density at radius 2 is 1.91 bits per heavy atom. The highest BCUT2D eigenvalue weighted by molar-refractivity contribution is 8.41. The van der Waals surface area contributed by atoms with E-state index in [-0.39, 0.29) is 0 Å². The van der Waals surface area contributed by atoms with Crippen LogP contribution in [0.1, 0.15) is 0 Å². The van der Waals surface area contributed by atoms with Gasteiger partial charge in [-0.1, -0.05) is 18.2 Å². The minimum absolute atomic E-state index is 0.836. The molecule has 1 unspecified atom stereocenters. The van der Waals surface area contributed by atoms with Crippen molar-refractivity contribution in [3.63, 3.8) is 0 Å². The van der Waals surface area contributed by atoms with Crippen molar-refractivity contribution in [3.8, 4) is 0 Å². The fourth-order valence-electron chi connectivity index (χ4n) is 0.769. The maximum Gasteiger partial charge on any atom is 0.174 e. The summed E-state index contributed by atoms with van der Waals surface area (Å²) in [5, 5.41) is 5.75. The largest absolute Gasteiger partial charge is 0.291 e. The second-order valence-electron chi connectivity index (χ2n) is 2.46. The van der Waals surface area contributed by atoms with Gasteiger partial charge in [0.2, 0.25) is 0 Å². The van der Waals surface area contributed by atoms with Gasteiger partial charge in [-0.25, -0.2) is 0 Å². The first-order chi connectivity index (χ1) is 5.17. The lowest BCUT2D eigenvalue weighted by Crippen LogP contribution is -2.09. The minimum Gasteiger partial charge on any atom is -0.291 e. The van der Waals surface area contributed by atoms with Crippen LogP contribution in [0.4, 0.5) is 0 Å². The second kappa shape index (κ2) is 3.07. The first-order valence-electron chi connectivity index (χ1n) is 3.23. The van der Waals surface area contributed by atoms with Crippen LogP contribution < -0.4 is 5.14 Å². The average molecular weight is 169 g/mol. The lowest BCUT2D eigenvalue weighted by Gasteiger charge is -2.22. The molecule has 0 fully saturated rings. The lowest BCUT2D eigenvalue weighted by molar-refractivity contribution is 0.569. The summed E-state index contributed by atoms with van der Waals surface area (Å²) < 4.78 is 0. The highest BCUT2D eigenvalue weighted by Crippen LogP contribution is 2.40. The third-order valence-corrected chi connectivity index (χ3v) is 3.14.